The minimum absolute atomic E-state index is 0.0337. The van der Waals surface area contributed by atoms with Crippen molar-refractivity contribution in [2.75, 3.05) is 45.0 Å². The Morgan fingerprint density at radius 3 is 2.82 bits per heavy atom. The molecule has 0 aliphatic carbocycles. The number of hydrogen-bond donors (Lipinski definition) is 2. The molecule has 0 bridgehead atoms. The van der Waals surface area contributed by atoms with Crippen LogP contribution in [0.25, 0.3) is 0 Å². The fourth-order valence-electron chi connectivity index (χ4n) is 1.68. The van der Waals surface area contributed by atoms with Crippen LogP contribution < -0.4 is 5.32 Å². The molecule has 1 aliphatic heterocycles. The van der Waals surface area contributed by atoms with Crippen molar-refractivity contribution in [3.8, 4) is 0 Å². The number of nitrogens with one attached hydrogen (secondary N) is 1. The van der Waals surface area contributed by atoms with E-state index in [-0.39, 0.29) is 24.2 Å². The summed E-state index contributed by atoms with van der Waals surface area (Å²) in [4.78, 5) is 0. The number of ether oxygens (including phenoxy) is 2. The van der Waals surface area contributed by atoms with E-state index in [2.05, 4.69) is 5.32 Å². The average Bonchev–Trinajstić information content (AvgIpc) is 2.62. The van der Waals surface area contributed by atoms with Gasteiger partial charge in [-0.05, 0) is 6.42 Å². The maximum Gasteiger partial charge on any atom is 0.151 e. The predicted molar refractivity (Wildman–Crippen MR) is 63.8 cm³/mol. The maximum atomic E-state index is 11.2. The average molecular weight is 267 g/mol. The van der Waals surface area contributed by atoms with Crippen LogP contribution in [0.5, 0.6) is 0 Å². The molecule has 17 heavy (non-hydrogen) atoms. The van der Waals surface area contributed by atoms with Crippen LogP contribution in [0.4, 0.5) is 0 Å². The Balaban J connectivity index is 2.06. The van der Waals surface area contributed by atoms with Gasteiger partial charge in [0.1, 0.15) is 0 Å². The molecule has 6 nitrogen and oxygen atoms in total. The summed E-state index contributed by atoms with van der Waals surface area (Å²) in [5, 5.41) is 12.6. The smallest absolute Gasteiger partial charge is 0.151 e. The lowest BCUT2D eigenvalue weighted by molar-refractivity contribution is 0.0131. The van der Waals surface area contributed by atoms with Crippen LogP contribution in [0.3, 0.4) is 0 Å². The lowest BCUT2D eigenvalue weighted by atomic mass is 10.2. The van der Waals surface area contributed by atoms with E-state index in [1.807, 2.05) is 0 Å². The molecule has 2 atom stereocenters. The van der Waals surface area contributed by atoms with Gasteiger partial charge in [-0.1, -0.05) is 0 Å². The third kappa shape index (κ3) is 6.32. The van der Waals surface area contributed by atoms with E-state index < -0.39 is 15.9 Å². The molecule has 0 aromatic carbocycles. The number of hydrogen-bond acceptors (Lipinski definition) is 6. The minimum Gasteiger partial charge on any atom is -0.389 e. The molecule has 1 saturated heterocycles. The summed E-state index contributed by atoms with van der Waals surface area (Å²) in [5.74, 6) is 0.412. The molecular weight excluding hydrogens is 246 g/mol. The Labute approximate surface area is 102 Å². The van der Waals surface area contributed by atoms with Crippen molar-refractivity contribution in [2.24, 2.45) is 0 Å². The van der Waals surface area contributed by atoms with Gasteiger partial charge in [0.2, 0.25) is 0 Å². The topological polar surface area (TPSA) is 84.9 Å². The highest BCUT2D eigenvalue weighted by Gasteiger charge is 2.27. The van der Waals surface area contributed by atoms with Crippen molar-refractivity contribution in [1.29, 1.82) is 0 Å². The summed E-state index contributed by atoms with van der Waals surface area (Å²) in [6.07, 6.45) is 0.00900. The zero-order valence-corrected chi connectivity index (χ0v) is 10.9. The number of methoxy groups -OCH3 is 1. The maximum absolute atomic E-state index is 11.2. The van der Waals surface area contributed by atoms with Gasteiger partial charge in [0.25, 0.3) is 0 Å². The molecule has 0 saturated carbocycles. The summed E-state index contributed by atoms with van der Waals surface area (Å²) in [5.41, 5.74) is 0. The quantitative estimate of drug-likeness (QED) is 0.537. The van der Waals surface area contributed by atoms with Gasteiger partial charge in [-0.25, -0.2) is 8.42 Å². The Kier molecular flexibility index (Phi) is 6.35. The van der Waals surface area contributed by atoms with E-state index in [0.717, 1.165) is 0 Å². The van der Waals surface area contributed by atoms with Crippen molar-refractivity contribution in [1.82, 2.24) is 5.32 Å². The number of sulfone groups is 1. The molecule has 1 aliphatic rings. The van der Waals surface area contributed by atoms with Crippen LogP contribution in [0.1, 0.15) is 6.42 Å². The highest BCUT2D eigenvalue weighted by molar-refractivity contribution is 7.91. The van der Waals surface area contributed by atoms with Crippen LogP contribution in [0.15, 0.2) is 0 Å². The van der Waals surface area contributed by atoms with E-state index in [1.54, 1.807) is 7.11 Å². The van der Waals surface area contributed by atoms with Gasteiger partial charge in [0, 0.05) is 19.7 Å². The van der Waals surface area contributed by atoms with Crippen LogP contribution in [-0.2, 0) is 19.3 Å². The normalized spacial score (nSPS) is 24.9. The summed E-state index contributed by atoms with van der Waals surface area (Å²) in [6.45, 7) is 1.54. The first kappa shape index (κ1) is 14.8. The number of aliphatic hydroxyl groups excluding tert-OH is 1. The molecule has 1 heterocycles. The molecule has 1 rings (SSSR count). The van der Waals surface area contributed by atoms with Crippen molar-refractivity contribution in [3.05, 3.63) is 0 Å². The van der Waals surface area contributed by atoms with E-state index in [9.17, 15) is 13.5 Å². The molecule has 0 aromatic rings. The van der Waals surface area contributed by atoms with Crippen molar-refractivity contribution < 1.29 is 23.0 Å². The first-order chi connectivity index (χ1) is 8.03. The lowest BCUT2D eigenvalue weighted by Crippen LogP contribution is -2.38. The Bertz CT molecular complexity index is 306. The second kappa shape index (κ2) is 7.27. The third-order valence-corrected chi connectivity index (χ3v) is 4.38. The highest BCUT2D eigenvalue weighted by atomic mass is 32.2. The molecule has 102 valence electrons. The lowest BCUT2D eigenvalue weighted by Gasteiger charge is -2.15. The predicted octanol–water partition coefficient (Wildman–Crippen LogP) is -1.21. The molecule has 0 amide bonds. The second-order valence-corrected chi connectivity index (χ2v) is 6.46. The Morgan fingerprint density at radius 1 is 1.47 bits per heavy atom. The fraction of sp³-hybridized carbons (Fsp3) is 1.00. The minimum atomic E-state index is -2.86. The second-order valence-electron chi connectivity index (χ2n) is 4.23. The van der Waals surface area contributed by atoms with E-state index in [4.69, 9.17) is 9.47 Å². The van der Waals surface area contributed by atoms with E-state index >= 15 is 0 Å². The van der Waals surface area contributed by atoms with Gasteiger partial charge in [0.05, 0.1) is 37.4 Å². The first-order valence-corrected chi connectivity index (χ1v) is 7.54. The van der Waals surface area contributed by atoms with Gasteiger partial charge in [-0.3, -0.25) is 0 Å². The molecule has 1 fully saturated rings. The zero-order chi connectivity index (χ0) is 12.7. The summed E-state index contributed by atoms with van der Waals surface area (Å²) in [7, 11) is -1.27. The third-order valence-electron chi connectivity index (χ3n) is 2.62. The standard InChI is InChI=1S/C10H21NO5S/c1-15-3-4-16-7-10(12)6-11-9-2-5-17(13,14)8-9/h9-12H,2-8H2,1H3. The van der Waals surface area contributed by atoms with Gasteiger partial charge in [-0.2, -0.15) is 0 Å². The highest BCUT2D eigenvalue weighted by Crippen LogP contribution is 2.10. The van der Waals surface area contributed by atoms with Crippen LogP contribution in [0, 0.1) is 0 Å². The molecule has 2 unspecified atom stereocenters. The summed E-state index contributed by atoms with van der Waals surface area (Å²) >= 11 is 0. The van der Waals surface area contributed by atoms with Gasteiger partial charge >= 0.3 is 0 Å². The SMILES string of the molecule is COCCOCC(O)CNC1CCS(=O)(=O)C1. The van der Waals surface area contributed by atoms with Gasteiger partial charge in [0.15, 0.2) is 9.84 Å². The summed E-state index contributed by atoms with van der Waals surface area (Å²) < 4.78 is 32.3. The van der Waals surface area contributed by atoms with Crippen LogP contribution >= 0.6 is 0 Å². The molecule has 0 aromatic heterocycles. The van der Waals surface area contributed by atoms with Crippen molar-refractivity contribution >= 4 is 9.84 Å². The van der Waals surface area contributed by atoms with Crippen LogP contribution in [0.2, 0.25) is 0 Å². The first-order valence-electron chi connectivity index (χ1n) is 5.72. The molecule has 7 heteroatoms. The fourth-order valence-corrected chi connectivity index (χ4v) is 3.39. The largest absolute Gasteiger partial charge is 0.389 e. The Hall–Kier alpha value is -0.210. The van der Waals surface area contributed by atoms with E-state index in [0.29, 0.717) is 26.2 Å². The molecular formula is C10H21NO5S. The monoisotopic (exact) mass is 267 g/mol. The zero-order valence-electron chi connectivity index (χ0n) is 10.1. The van der Waals surface area contributed by atoms with Gasteiger partial charge < -0.3 is 19.9 Å². The number of rotatable bonds is 8. The Morgan fingerprint density at radius 2 is 2.24 bits per heavy atom. The van der Waals surface area contributed by atoms with Crippen LogP contribution in [-0.4, -0.2) is 70.7 Å². The van der Waals surface area contributed by atoms with Crippen molar-refractivity contribution in [3.63, 3.8) is 0 Å². The molecule has 0 radical (unpaired) electrons. The van der Waals surface area contributed by atoms with E-state index in [1.165, 1.54) is 0 Å². The number of aliphatic hydroxyl groups is 1. The molecule has 0 spiro atoms. The van der Waals surface area contributed by atoms with Crippen molar-refractivity contribution in [2.45, 2.75) is 18.6 Å². The summed E-state index contributed by atoms with van der Waals surface area (Å²) in [6, 6.07) is -0.0337. The van der Waals surface area contributed by atoms with Gasteiger partial charge in [-0.15, -0.1) is 0 Å². The molecule has 2 N–H and O–H groups in total.